The number of hydrogen-bond donors (Lipinski definition) is 1. The van der Waals surface area contributed by atoms with E-state index in [0.29, 0.717) is 5.76 Å². The van der Waals surface area contributed by atoms with Gasteiger partial charge in [0.25, 0.3) is 0 Å². The topological polar surface area (TPSA) is 77.5 Å². The molecular formula is C14H16N2O4. The van der Waals surface area contributed by atoms with Crippen LogP contribution in [0.5, 0.6) is 5.75 Å². The van der Waals surface area contributed by atoms with E-state index >= 15 is 0 Å². The zero-order valence-corrected chi connectivity index (χ0v) is 11.5. The van der Waals surface area contributed by atoms with Crippen LogP contribution in [0.1, 0.15) is 22.9 Å². The number of ether oxygens (including phenoxy) is 1. The van der Waals surface area contributed by atoms with Crippen molar-refractivity contribution in [3.63, 3.8) is 0 Å². The Labute approximate surface area is 116 Å². The minimum absolute atomic E-state index is 0.241. The van der Waals surface area contributed by atoms with Crippen molar-refractivity contribution in [1.29, 1.82) is 0 Å². The highest BCUT2D eigenvalue weighted by Crippen LogP contribution is 2.30. The standard InChI is InChI=1S/C14H16N2O4/c1-9-8-10(19-3)4-5-11(9)14(15-2)12-6-7-13(20-12)16(17)18/h4-8,14-15H,1-3H3. The summed E-state index contributed by atoms with van der Waals surface area (Å²) in [5.41, 5.74) is 2.00. The normalized spacial score (nSPS) is 12.2. The first kappa shape index (κ1) is 14.1. The maximum absolute atomic E-state index is 10.7. The number of benzene rings is 1. The van der Waals surface area contributed by atoms with E-state index in [0.717, 1.165) is 16.9 Å². The van der Waals surface area contributed by atoms with Gasteiger partial charge in [0.05, 0.1) is 19.2 Å². The van der Waals surface area contributed by atoms with Crippen molar-refractivity contribution < 1.29 is 14.1 Å². The summed E-state index contributed by atoms with van der Waals surface area (Å²) in [7, 11) is 3.39. The molecule has 1 atom stereocenters. The molecule has 20 heavy (non-hydrogen) atoms. The fourth-order valence-corrected chi connectivity index (χ4v) is 2.15. The Morgan fingerprint density at radius 2 is 2.10 bits per heavy atom. The maximum atomic E-state index is 10.7. The number of furan rings is 1. The molecule has 0 bridgehead atoms. The van der Waals surface area contributed by atoms with E-state index in [4.69, 9.17) is 9.15 Å². The van der Waals surface area contributed by atoms with Gasteiger partial charge in [-0.25, -0.2) is 0 Å². The van der Waals surface area contributed by atoms with Crippen molar-refractivity contribution in [2.24, 2.45) is 0 Å². The van der Waals surface area contributed by atoms with E-state index in [9.17, 15) is 10.1 Å². The van der Waals surface area contributed by atoms with Crippen molar-refractivity contribution >= 4 is 5.88 Å². The van der Waals surface area contributed by atoms with Crippen molar-refractivity contribution in [3.8, 4) is 5.75 Å². The monoisotopic (exact) mass is 276 g/mol. The fourth-order valence-electron chi connectivity index (χ4n) is 2.15. The van der Waals surface area contributed by atoms with Gasteiger partial charge in [-0.3, -0.25) is 10.1 Å². The van der Waals surface area contributed by atoms with Crippen molar-refractivity contribution in [2.45, 2.75) is 13.0 Å². The van der Waals surface area contributed by atoms with Gasteiger partial charge < -0.3 is 14.5 Å². The van der Waals surface area contributed by atoms with Crippen LogP contribution in [-0.2, 0) is 0 Å². The number of hydrogen-bond acceptors (Lipinski definition) is 5. The van der Waals surface area contributed by atoms with Gasteiger partial charge in [-0.1, -0.05) is 6.07 Å². The predicted octanol–water partition coefficient (Wildman–Crippen LogP) is 2.81. The lowest BCUT2D eigenvalue weighted by atomic mass is 9.99. The van der Waals surface area contributed by atoms with Crippen LogP contribution in [0.4, 0.5) is 5.88 Å². The number of methoxy groups -OCH3 is 1. The predicted molar refractivity (Wildman–Crippen MR) is 74.0 cm³/mol. The highest BCUT2D eigenvalue weighted by molar-refractivity contribution is 5.40. The van der Waals surface area contributed by atoms with Gasteiger partial charge >= 0.3 is 5.88 Å². The average molecular weight is 276 g/mol. The average Bonchev–Trinajstić information content (AvgIpc) is 2.91. The Kier molecular flexibility index (Phi) is 4.05. The molecule has 0 spiro atoms. The van der Waals surface area contributed by atoms with Gasteiger partial charge in [-0.05, 0) is 43.3 Å². The lowest BCUT2D eigenvalue weighted by molar-refractivity contribution is -0.402. The Balaban J connectivity index is 2.38. The molecule has 0 radical (unpaired) electrons. The third kappa shape index (κ3) is 2.65. The van der Waals surface area contributed by atoms with E-state index in [-0.39, 0.29) is 11.9 Å². The summed E-state index contributed by atoms with van der Waals surface area (Å²) in [5.74, 6) is 1.02. The van der Waals surface area contributed by atoms with Gasteiger partial charge in [-0.15, -0.1) is 0 Å². The van der Waals surface area contributed by atoms with Gasteiger partial charge in [0, 0.05) is 0 Å². The van der Waals surface area contributed by atoms with E-state index in [1.807, 2.05) is 25.1 Å². The molecule has 6 nitrogen and oxygen atoms in total. The number of nitro groups is 1. The summed E-state index contributed by atoms with van der Waals surface area (Å²) in [5, 5.41) is 13.8. The molecule has 2 rings (SSSR count). The first-order chi connectivity index (χ1) is 9.56. The van der Waals surface area contributed by atoms with E-state index in [1.165, 1.54) is 6.07 Å². The molecular weight excluding hydrogens is 260 g/mol. The summed E-state index contributed by atoms with van der Waals surface area (Å²) >= 11 is 0. The summed E-state index contributed by atoms with van der Waals surface area (Å²) < 4.78 is 10.4. The second kappa shape index (κ2) is 5.75. The zero-order chi connectivity index (χ0) is 14.7. The summed E-state index contributed by atoms with van der Waals surface area (Å²) in [6.45, 7) is 1.96. The van der Waals surface area contributed by atoms with Crippen LogP contribution in [0.25, 0.3) is 0 Å². The fraction of sp³-hybridized carbons (Fsp3) is 0.286. The van der Waals surface area contributed by atoms with Gasteiger partial charge in [0.2, 0.25) is 0 Å². The lowest BCUT2D eigenvalue weighted by Crippen LogP contribution is -2.18. The minimum Gasteiger partial charge on any atom is -0.497 e. The molecule has 0 aliphatic carbocycles. The van der Waals surface area contributed by atoms with E-state index in [2.05, 4.69) is 5.32 Å². The Bertz CT molecular complexity index is 621. The zero-order valence-electron chi connectivity index (χ0n) is 11.5. The van der Waals surface area contributed by atoms with Crippen LogP contribution < -0.4 is 10.1 Å². The molecule has 0 saturated carbocycles. The smallest absolute Gasteiger partial charge is 0.433 e. The number of aryl methyl sites for hydroxylation is 1. The second-order valence-corrected chi connectivity index (χ2v) is 4.38. The lowest BCUT2D eigenvalue weighted by Gasteiger charge is -2.17. The molecule has 0 saturated heterocycles. The number of rotatable bonds is 5. The summed E-state index contributed by atoms with van der Waals surface area (Å²) in [6.07, 6.45) is 0. The number of nitrogens with one attached hydrogen (secondary N) is 1. The molecule has 106 valence electrons. The van der Waals surface area contributed by atoms with E-state index in [1.54, 1.807) is 20.2 Å². The van der Waals surface area contributed by atoms with Crippen molar-refractivity contribution in [1.82, 2.24) is 5.32 Å². The van der Waals surface area contributed by atoms with E-state index < -0.39 is 4.92 Å². The van der Waals surface area contributed by atoms with Gasteiger partial charge in [0.1, 0.15) is 16.4 Å². The quantitative estimate of drug-likeness (QED) is 0.671. The van der Waals surface area contributed by atoms with Crippen molar-refractivity contribution in [3.05, 3.63) is 57.3 Å². The molecule has 1 aromatic carbocycles. The molecule has 1 heterocycles. The Morgan fingerprint density at radius 1 is 1.35 bits per heavy atom. The first-order valence-electron chi connectivity index (χ1n) is 6.12. The molecule has 6 heteroatoms. The third-order valence-corrected chi connectivity index (χ3v) is 3.15. The SMILES string of the molecule is CNC(c1ccc([N+](=O)[O-])o1)c1ccc(OC)cc1C. The van der Waals surface area contributed by atoms with Crippen LogP contribution in [0.15, 0.2) is 34.7 Å². The van der Waals surface area contributed by atoms with Crippen LogP contribution in [0.3, 0.4) is 0 Å². The second-order valence-electron chi connectivity index (χ2n) is 4.38. The molecule has 2 aromatic rings. The highest BCUT2D eigenvalue weighted by Gasteiger charge is 2.21. The van der Waals surface area contributed by atoms with Crippen LogP contribution >= 0.6 is 0 Å². The van der Waals surface area contributed by atoms with Gasteiger partial charge in [-0.2, -0.15) is 0 Å². The maximum Gasteiger partial charge on any atom is 0.433 e. The summed E-state index contributed by atoms with van der Waals surface area (Å²) in [6, 6.07) is 8.42. The molecule has 1 N–H and O–H groups in total. The van der Waals surface area contributed by atoms with Crippen LogP contribution in [-0.4, -0.2) is 19.1 Å². The Hall–Kier alpha value is -2.34. The van der Waals surface area contributed by atoms with Crippen LogP contribution in [0.2, 0.25) is 0 Å². The highest BCUT2D eigenvalue weighted by atomic mass is 16.6. The Morgan fingerprint density at radius 3 is 2.60 bits per heavy atom. The molecule has 0 amide bonds. The summed E-state index contributed by atoms with van der Waals surface area (Å²) in [4.78, 5) is 10.1. The van der Waals surface area contributed by atoms with Crippen LogP contribution in [0, 0.1) is 17.0 Å². The molecule has 0 aliphatic rings. The van der Waals surface area contributed by atoms with Crippen molar-refractivity contribution in [2.75, 3.05) is 14.2 Å². The molecule has 0 aliphatic heterocycles. The molecule has 0 fully saturated rings. The first-order valence-corrected chi connectivity index (χ1v) is 6.12. The largest absolute Gasteiger partial charge is 0.497 e. The minimum atomic E-state index is -0.545. The number of nitrogens with zero attached hydrogens (tertiary/aromatic N) is 1. The molecule has 1 unspecified atom stereocenters. The molecule has 1 aromatic heterocycles. The third-order valence-electron chi connectivity index (χ3n) is 3.15. The van der Waals surface area contributed by atoms with Gasteiger partial charge in [0.15, 0.2) is 0 Å².